The van der Waals surface area contributed by atoms with Gasteiger partial charge in [-0.3, -0.25) is 9.80 Å². The third-order valence-electron chi connectivity index (χ3n) is 8.39. The van der Waals surface area contributed by atoms with E-state index in [1.165, 1.54) is 23.3 Å². The second-order valence-electron chi connectivity index (χ2n) is 11.6. The molecule has 0 unspecified atom stereocenters. The fourth-order valence-corrected chi connectivity index (χ4v) is 6.13. The second kappa shape index (κ2) is 14.1. The lowest BCUT2D eigenvalue weighted by Gasteiger charge is -2.28. The van der Waals surface area contributed by atoms with Gasteiger partial charge in [0.05, 0.1) is 37.0 Å². The maximum Gasteiger partial charge on any atom is 0.141 e. The Morgan fingerprint density at radius 2 is 1.54 bits per heavy atom. The van der Waals surface area contributed by atoms with Crippen molar-refractivity contribution in [3.05, 3.63) is 107 Å². The van der Waals surface area contributed by atoms with Crippen LogP contribution in [0.15, 0.2) is 79.4 Å². The largest absolute Gasteiger partial charge is 0.487 e. The molecule has 0 amide bonds. The Labute approximate surface area is 272 Å². The lowest BCUT2D eigenvalue weighted by Crippen LogP contribution is -2.37. The molecule has 0 atom stereocenters. The standard InChI is InChI=1S/C35H36ClFN6O3/c36-32-17-29(4-7-34(32)46-23-25-2-1-3-28(37)16-25)40-35-31-18-30(5-6-33(31)38-24-39-35)43-21-26(19-41-8-12-44-13-9-41)27(22-43)20-42-10-14-45-15-11-42/h1-7,16-18,21-22,24H,8-15,19-20,23H2,(H,38,39,40). The lowest BCUT2D eigenvalue weighted by atomic mass is 10.1. The Morgan fingerprint density at radius 3 is 2.22 bits per heavy atom. The highest BCUT2D eigenvalue weighted by molar-refractivity contribution is 6.32. The maximum atomic E-state index is 13.5. The molecule has 9 nitrogen and oxygen atoms in total. The van der Waals surface area contributed by atoms with Crippen molar-refractivity contribution in [1.29, 1.82) is 0 Å². The Morgan fingerprint density at radius 1 is 0.826 bits per heavy atom. The van der Waals surface area contributed by atoms with Gasteiger partial charge in [-0.1, -0.05) is 23.7 Å². The van der Waals surface area contributed by atoms with Crippen LogP contribution in [-0.4, -0.2) is 76.9 Å². The van der Waals surface area contributed by atoms with Crippen LogP contribution in [0.5, 0.6) is 5.75 Å². The summed E-state index contributed by atoms with van der Waals surface area (Å²) in [4.78, 5) is 14.0. The van der Waals surface area contributed by atoms with Gasteiger partial charge in [-0.2, -0.15) is 0 Å². The number of morpholine rings is 2. The molecule has 4 heterocycles. The SMILES string of the molecule is Fc1cccc(COc2ccc(Nc3ncnc4ccc(-n5cc(CN6CCOCC6)c(CN6CCOCC6)c5)cc34)cc2Cl)c1. The molecule has 11 heteroatoms. The number of aromatic nitrogens is 3. The van der Waals surface area contributed by atoms with Crippen LogP contribution in [0.2, 0.25) is 5.02 Å². The smallest absolute Gasteiger partial charge is 0.141 e. The molecule has 0 aliphatic carbocycles. The number of ether oxygens (including phenoxy) is 3. The van der Waals surface area contributed by atoms with E-state index in [4.69, 9.17) is 25.8 Å². The van der Waals surface area contributed by atoms with Crippen LogP contribution in [-0.2, 0) is 29.2 Å². The zero-order valence-corrected chi connectivity index (χ0v) is 26.3. The third kappa shape index (κ3) is 7.32. The lowest BCUT2D eigenvalue weighted by molar-refractivity contribution is 0.0310. The molecule has 2 aliphatic heterocycles. The monoisotopic (exact) mass is 642 g/mol. The summed E-state index contributed by atoms with van der Waals surface area (Å²) in [5.74, 6) is 0.885. The van der Waals surface area contributed by atoms with Crippen LogP contribution < -0.4 is 10.1 Å². The summed E-state index contributed by atoms with van der Waals surface area (Å²) in [5.41, 5.74) is 5.99. The fourth-order valence-electron chi connectivity index (χ4n) is 5.90. The van der Waals surface area contributed by atoms with Crippen LogP contribution in [0.1, 0.15) is 16.7 Å². The molecule has 2 aromatic heterocycles. The van der Waals surface area contributed by atoms with E-state index >= 15 is 0 Å². The summed E-state index contributed by atoms with van der Waals surface area (Å²) in [6, 6.07) is 18.0. The molecule has 7 rings (SSSR count). The molecule has 46 heavy (non-hydrogen) atoms. The highest BCUT2D eigenvalue weighted by Gasteiger charge is 2.19. The van der Waals surface area contributed by atoms with Gasteiger partial charge in [0, 0.05) is 68.4 Å². The number of nitrogens with zero attached hydrogens (tertiary/aromatic N) is 5. The van der Waals surface area contributed by atoms with Crippen LogP contribution in [0, 0.1) is 5.82 Å². The average molecular weight is 643 g/mol. The Bertz CT molecular complexity index is 1770. The van der Waals surface area contributed by atoms with Crippen molar-refractivity contribution in [3.63, 3.8) is 0 Å². The van der Waals surface area contributed by atoms with Crippen LogP contribution in [0.25, 0.3) is 16.6 Å². The number of fused-ring (bicyclic) bond motifs is 1. The van der Waals surface area contributed by atoms with Crippen molar-refractivity contribution < 1.29 is 18.6 Å². The van der Waals surface area contributed by atoms with Crippen molar-refractivity contribution in [3.8, 4) is 11.4 Å². The van der Waals surface area contributed by atoms with E-state index in [1.54, 1.807) is 24.5 Å². The molecule has 2 fully saturated rings. The average Bonchev–Trinajstić information content (AvgIpc) is 3.47. The van der Waals surface area contributed by atoms with Crippen LogP contribution >= 0.6 is 11.6 Å². The van der Waals surface area contributed by atoms with Gasteiger partial charge >= 0.3 is 0 Å². The summed E-state index contributed by atoms with van der Waals surface area (Å²) >= 11 is 6.58. The summed E-state index contributed by atoms with van der Waals surface area (Å²) in [6.07, 6.45) is 6.07. The predicted octanol–water partition coefficient (Wildman–Crippen LogP) is 6.20. The Kier molecular flexibility index (Phi) is 9.41. The zero-order chi connectivity index (χ0) is 31.3. The third-order valence-corrected chi connectivity index (χ3v) is 8.69. The van der Waals surface area contributed by atoms with Gasteiger partial charge in [-0.15, -0.1) is 0 Å². The van der Waals surface area contributed by atoms with Crippen LogP contribution in [0.3, 0.4) is 0 Å². The quantitative estimate of drug-likeness (QED) is 0.193. The van der Waals surface area contributed by atoms with E-state index in [-0.39, 0.29) is 12.4 Å². The second-order valence-corrected chi connectivity index (χ2v) is 12.0. The van der Waals surface area contributed by atoms with E-state index in [9.17, 15) is 4.39 Å². The summed E-state index contributed by atoms with van der Waals surface area (Å²) < 4.78 is 32.8. The summed E-state index contributed by atoms with van der Waals surface area (Å²) in [5, 5.41) is 4.74. The van der Waals surface area contributed by atoms with E-state index in [0.29, 0.717) is 16.6 Å². The Balaban J connectivity index is 1.13. The van der Waals surface area contributed by atoms with Gasteiger partial charge in [0.15, 0.2) is 0 Å². The number of nitrogens with one attached hydrogen (secondary N) is 1. The first-order valence-electron chi connectivity index (χ1n) is 15.6. The Hall–Kier alpha value is -4.06. The molecule has 0 bridgehead atoms. The summed E-state index contributed by atoms with van der Waals surface area (Å²) in [7, 11) is 0. The van der Waals surface area contributed by atoms with Crippen molar-refractivity contribution in [2.75, 3.05) is 57.9 Å². The number of hydrogen-bond acceptors (Lipinski definition) is 8. The van der Waals surface area contributed by atoms with E-state index in [2.05, 4.69) is 54.2 Å². The topological polar surface area (TPSA) is 76.9 Å². The number of hydrogen-bond donors (Lipinski definition) is 1. The molecule has 238 valence electrons. The molecule has 2 saturated heterocycles. The molecule has 0 saturated carbocycles. The molecule has 0 spiro atoms. The zero-order valence-electron chi connectivity index (χ0n) is 25.5. The number of rotatable bonds is 10. The van der Waals surface area contributed by atoms with Crippen molar-refractivity contribution >= 4 is 34.0 Å². The van der Waals surface area contributed by atoms with Gasteiger partial charge in [0.1, 0.15) is 30.3 Å². The molecular formula is C35H36ClFN6O3. The molecule has 5 aromatic rings. The van der Waals surface area contributed by atoms with Gasteiger partial charge in [-0.05, 0) is 65.2 Å². The van der Waals surface area contributed by atoms with Gasteiger partial charge in [0.2, 0.25) is 0 Å². The molecule has 0 radical (unpaired) electrons. The molecular weight excluding hydrogens is 607 g/mol. The first-order chi connectivity index (χ1) is 22.6. The van der Waals surface area contributed by atoms with Crippen molar-refractivity contribution in [1.82, 2.24) is 24.3 Å². The van der Waals surface area contributed by atoms with Crippen molar-refractivity contribution in [2.24, 2.45) is 0 Å². The minimum Gasteiger partial charge on any atom is -0.487 e. The number of halogens is 2. The normalized spacial score (nSPS) is 16.1. The fraction of sp³-hybridized carbons (Fsp3) is 0.314. The molecule has 3 aromatic carbocycles. The minimum absolute atomic E-state index is 0.214. The number of anilines is 2. The van der Waals surface area contributed by atoms with Gasteiger partial charge < -0.3 is 24.1 Å². The minimum atomic E-state index is -0.300. The van der Waals surface area contributed by atoms with E-state index in [0.717, 1.165) is 93.5 Å². The maximum absolute atomic E-state index is 13.5. The molecule has 2 aliphatic rings. The molecule has 1 N–H and O–H groups in total. The first-order valence-corrected chi connectivity index (χ1v) is 15.9. The highest BCUT2D eigenvalue weighted by Crippen LogP contribution is 2.32. The first kappa shape index (κ1) is 30.6. The predicted molar refractivity (Wildman–Crippen MR) is 177 cm³/mol. The van der Waals surface area contributed by atoms with Crippen molar-refractivity contribution in [2.45, 2.75) is 19.7 Å². The highest BCUT2D eigenvalue weighted by atomic mass is 35.5. The van der Waals surface area contributed by atoms with Gasteiger partial charge in [0.25, 0.3) is 0 Å². The summed E-state index contributed by atoms with van der Waals surface area (Å²) in [6.45, 7) is 8.85. The van der Waals surface area contributed by atoms with Crippen LogP contribution in [0.4, 0.5) is 15.9 Å². The van der Waals surface area contributed by atoms with E-state index < -0.39 is 0 Å². The van der Waals surface area contributed by atoms with E-state index in [1.807, 2.05) is 18.2 Å². The number of benzene rings is 3. The van der Waals surface area contributed by atoms with Gasteiger partial charge in [-0.25, -0.2) is 14.4 Å².